The number of nitrogens with one attached hydrogen (secondary N) is 2. The number of fused-ring (bicyclic) bond motifs is 1. The van der Waals surface area contributed by atoms with Gasteiger partial charge < -0.3 is 25.9 Å². The van der Waals surface area contributed by atoms with Crippen LogP contribution in [0.4, 0.5) is 0 Å². The first-order valence-corrected chi connectivity index (χ1v) is 9.01. The molecule has 0 unspecified atom stereocenters. The van der Waals surface area contributed by atoms with Crippen LogP contribution < -0.4 is 11.1 Å². The van der Waals surface area contributed by atoms with Crippen LogP contribution in [0.1, 0.15) is 11.1 Å². The molecule has 0 saturated carbocycles. The third-order valence-corrected chi connectivity index (χ3v) is 4.46. The van der Waals surface area contributed by atoms with Crippen molar-refractivity contribution < 1.29 is 19.4 Å². The molecule has 1 heterocycles. The molecular weight excluding hydrogens is 358 g/mol. The molecule has 0 aliphatic heterocycles. The number of nitrogens with two attached hydrogens (primary N) is 1. The van der Waals surface area contributed by atoms with Gasteiger partial charge in [0.05, 0.1) is 12.6 Å². The number of amides is 1. The van der Waals surface area contributed by atoms with Gasteiger partial charge >= 0.3 is 5.97 Å². The lowest BCUT2D eigenvalue weighted by atomic mass is 10.0. The van der Waals surface area contributed by atoms with Gasteiger partial charge in [0.1, 0.15) is 6.61 Å². The van der Waals surface area contributed by atoms with Crippen molar-refractivity contribution >= 4 is 22.8 Å². The van der Waals surface area contributed by atoms with Crippen molar-refractivity contribution in [1.29, 1.82) is 0 Å². The number of esters is 1. The summed E-state index contributed by atoms with van der Waals surface area (Å²) in [7, 11) is 0. The van der Waals surface area contributed by atoms with Gasteiger partial charge in [0.25, 0.3) is 0 Å². The Kier molecular flexibility index (Phi) is 6.41. The zero-order valence-corrected chi connectivity index (χ0v) is 15.3. The molecule has 0 spiro atoms. The number of aromatic nitrogens is 1. The average molecular weight is 381 g/mol. The molecule has 2 atom stereocenters. The van der Waals surface area contributed by atoms with E-state index in [2.05, 4.69) is 10.3 Å². The highest BCUT2D eigenvalue weighted by Gasteiger charge is 2.25. The average Bonchev–Trinajstić information content (AvgIpc) is 3.13. The van der Waals surface area contributed by atoms with Crippen molar-refractivity contribution in [3.05, 3.63) is 71.9 Å². The number of carbonyl (C=O) groups excluding carboxylic acids is 2. The molecule has 0 aliphatic rings. The van der Waals surface area contributed by atoms with Crippen LogP contribution in [0.2, 0.25) is 0 Å². The first-order valence-electron chi connectivity index (χ1n) is 9.01. The van der Waals surface area contributed by atoms with Gasteiger partial charge in [0, 0.05) is 17.1 Å². The molecule has 0 radical (unpaired) electrons. The Morgan fingerprint density at radius 1 is 1.11 bits per heavy atom. The fourth-order valence-electron chi connectivity index (χ4n) is 2.92. The molecule has 1 aromatic heterocycles. The van der Waals surface area contributed by atoms with E-state index >= 15 is 0 Å². The maximum Gasteiger partial charge on any atom is 0.331 e. The van der Waals surface area contributed by atoms with Crippen LogP contribution in [0.25, 0.3) is 10.9 Å². The Morgan fingerprint density at radius 2 is 1.82 bits per heavy atom. The van der Waals surface area contributed by atoms with Gasteiger partial charge in [0.15, 0.2) is 6.04 Å². The van der Waals surface area contributed by atoms with E-state index in [1.165, 1.54) is 0 Å². The van der Waals surface area contributed by atoms with Gasteiger partial charge in [-0.15, -0.1) is 0 Å². The van der Waals surface area contributed by atoms with Crippen LogP contribution in [0, 0.1) is 0 Å². The monoisotopic (exact) mass is 381 g/mol. The minimum atomic E-state index is -1.16. The zero-order chi connectivity index (χ0) is 19.9. The summed E-state index contributed by atoms with van der Waals surface area (Å²) < 4.78 is 5.17. The Morgan fingerprint density at radius 3 is 2.57 bits per heavy atom. The van der Waals surface area contributed by atoms with Crippen LogP contribution in [0.3, 0.4) is 0 Å². The normalized spacial score (nSPS) is 13.1. The first kappa shape index (κ1) is 19.6. The number of ether oxygens (including phenoxy) is 1. The molecule has 7 nitrogen and oxygen atoms in total. The van der Waals surface area contributed by atoms with E-state index in [-0.39, 0.29) is 6.61 Å². The molecule has 0 aliphatic carbocycles. The van der Waals surface area contributed by atoms with E-state index in [4.69, 9.17) is 10.5 Å². The first-order chi connectivity index (χ1) is 13.6. The Bertz CT molecular complexity index is 939. The van der Waals surface area contributed by atoms with Crippen molar-refractivity contribution in [2.75, 3.05) is 6.61 Å². The van der Waals surface area contributed by atoms with Crippen LogP contribution >= 0.6 is 0 Å². The minimum Gasteiger partial charge on any atom is -0.459 e. The van der Waals surface area contributed by atoms with Gasteiger partial charge in [-0.3, -0.25) is 4.79 Å². The highest BCUT2D eigenvalue weighted by Crippen LogP contribution is 2.18. The van der Waals surface area contributed by atoms with Crippen molar-refractivity contribution in [2.45, 2.75) is 25.1 Å². The smallest absolute Gasteiger partial charge is 0.331 e. The molecule has 146 valence electrons. The van der Waals surface area contributed by atoms with Crippen LogP contribution in [-0.2, 0) is 27.4 Å². The van der Waals surface area contributed by atoms with E-state index in [0.29, 0.717) is 6.42 Å². The van der Waals surface area contributed by atoms with Gasteiger partial charge in [-0.05, 0) is 23.6 Å². The summed E-state index contributed by atoms with van der Waals surface area (Å²) in [5.41, 5.74) is 8.69. The van der Waals surface area contributed by atoms with Gasteiger partial charge in [-0.2, -0.15) is 0 Å². The SMILES string of the molecule is N[C@@H](Cc1c[nH]c2ccccc12)C(=O)N[C@@H](CO)C(=O)OCc1ccccc1. The van der Waals surface area contributed by atoms with E-state index in [9.17, 15) is 14.7 Å². The summed E-state index contributed by atoms with van der Waals surface area (Å²) >= 11 is 0. The number of H-pyrrole nitrogens is 1. The number of hydrogen-bond acceptors (Lipinski definition) is 5. The number of benzene rings is 2. The number of aliphatic hydroxyl groups excluding tert-OH is 1. The standard InChI is InChI=1S/C21H23N3O4/c22-17(10-15-11-23-18-9-5-4-8-16(15)18)20(26)24-19(12-25)21(27)28-13-14-6-2-1-3-7-14/h1-9,11,17,19,23,25H,10,12-13,22H2,(H,24,26)/t17-,19-/m0/s1. The quantitative estimate of drug-likeness (QED) is 0.438. The summed E-state index contributed by atoms with van der Waals surface area (Å²) in [5, 5.41) is 12.9. The Labute approximate surface area is 162 Å². The lowest BCUT2D eigenvalue weighted by Crippen LogP contribution is -2.51. The molecule has 0 fully saturated rings. The van der Waals surface area contributed by atoms with E-state index in [1.807, 2.05) is 60.8 Å². The van der Waals surface area contributed by atoms with E-state index in [1.54, 1.807) is 0 Å². The molecular formula is C21H23N3O4. The number of aliphatic hydroxyl groups is 1. The van der Waals surface area contributed by atoms with Gasteiger partial charge in [-0.25, -0.2) is 4.79 Å². The molecule has 3 aromatic rings. The third-order valence-electron chi connectivity index (χ3n) is 4.46. The van der Waals surface area contributed by atoms with Crippen molar-refractivity contribution in [2.24, 2.45) is 5.73 Å². The number of hydrogen-bond donors (Lipinski definition) is 4. The lowest BCUT2D eigenvalue weighted by molar-refractivity contribution is -0.150. The number of carbonyl (C=O) groups is 2. The topological polar surface area (TPSA) is 117 Å². The number of aromatic amines is 1. The third kappa shape index (κ3) is 4.76. The Balaban J connectivity index is 1.55. The number of para-hydroxylation sites is 1. The van der Waals surface area contributed by atoms with Gasteiger partial charge in [-0.1, -0.05) is 48.5 Å². The zero-order valence-electron chi connectivity index (χ0n) is 15.3. The second kappa shape index (κ2) is 9.16. The summed E-state index contributed by atoms with van der Waals surface area (Å²) in [6.45, 7) is -0.507. The maximum absolute atomic E-state index is 12.4. The lowest BCUT2D eigenvalue weighted by Gasteiger charge is -2.18. The van der Waals surface area contributed by atoms with Crippen LogP contribution in [-0.4, -0.2) is 40.7 Å². The van der Waals surface area contributed by atoms with Crippen molar-refractivity contribution in [1.82, 2.24) is 10.3 Å². The summed E-state index contributed by atoms with van der Waals surface area (Å²) in [5.74, 6) is -1.24. The molecule has 7 heteroatoms. The second-order valence-corrected chi connectivity index (χ2v) is 6.51. The summed E-state index contributed by atoms with van der Waals surface area (Å²) in [6.07, 6.45) is 2.11. The molecule has 2 aromatic carbocycles. The highest BCUT2D eigenvalue weighted by atomic mass is 16.5. The van der Waals surface area contributed by atoms with Crippen LogP contribution in [0.5, 0.6) is 0 Å². The van der Waals surface area contributed by atoms with Gasteiger partial charge in [0.2, 0.25) is 5.91 Å². The fourth-order valence-corrected chi connectivity index (χ4v) is 2.92. The molecule has 0 saturated heterocycles. The maximum atomic E-state index is 12.4. The molecule has 3 rings (SSSR count). The van der Waals surface area contributed by atoms with Crippen LogP contribution in [0.15, 0.2) is 60.8 Å². The van der Waals surface area contributed by atoms with Crippen molar-refractivity contribution in [3.63, 3.8) is 0 Å². The predicted molar refractivity (Wildman–Crippen MR) is 105 cm³/mol. The fraction of sp³-hybridized carbons (Fsp3) is 0.238. The van der Waals surface area contributed by atoms with E-state index < -0.39 is 30.6 Å². The molecule has 5 N–H and O–H groups in total. The highest BCUT2D eigenvalue weighted by molar-refractivity contribution is 5.89. The largest absolute Gasteiger partial charge is 0.459 e. The van der Waals surface area contributed by atoms with E-state index in [0.717, 1.165) is 22.0 Å². The number of rotatable bonds is 8. The minimum absolute atomic E-state index is 0.0629. The molecule has 0 bridgehead atoms. The molecule has 28 heavy (non-hydrogen) atoms. The summed E-state index contributed by atoms with van der Waals surface area (Å²) in [6, 6.07) is 14.8. The second-order valence-electron chi connectivity index (χ2n) is 6.51. The Hall–Kier alpha value is -3.16. The molecule has 1 amide bonds. The van der Waals surface area contributed by atoms with Crippen molar-refractivity contribution in [3.8, 4) is 0 Å². The summed E-state index contributed by atoms with van der Waals surface area (Å²) in [4.78, 5) is 27.7. The predicted octanol–water partition coefficient (Wildman–Crippen LogP) is 1.26.